The van der Waals surface area contributed by atoms with Crippen LogP contribution in [-0.4, -0.2) is 24.8 Å². The first-order valence-electron chi connectivity index (χ1n) is 8.61. The predicted molar refractivity (Wildman–Crippen MR) is 108 cm³/mol. The molecule has 134 valence electrons. The van der Waals surface area contributed by atoms with Gasteiger partial charge < -0.3 is 10.1 Å². The number of benzene rings is 3. The molecule has 0 aliphatic carbocycles. The van der Waals surface area contributed by atoms with Crippen molar-refractivity contribution in [2.45, 2.75) is 6.17 Å². The quantitative estimate of drug-likeness (QED) is 0.689. The lowest BCUT2D eigenvalue weighted by molar-refractivity contribution is 0.415. The number of rotatable bonds is 3. The summed E-state index contributed by atoms with van der Waals surface area (Å²) in [6.07, 6.45) is -1.48. The first kappa shape index (κ1) is 17.0. The van der Waals surface area contributed by atoms with E-state index in [4.69, 9.17) is 4.74 Å². The van der Waals surface area contributed by atoms with Gasteiger partial charge in [0.05, 0.1) is 24.2 Å². The molecule has 0 spiro atoms. The van der Waals surface area contributed by atoms with E-state index in [0.29, 0.717) is 17.1 Å². The molecule has 3 aromatic rings. The number of alkyl halides is 1. The minimum Gasteiger partial charge on any atom is -0.497 e. The van der Waals surface area contributed by atoms with E-state index in [0.717, 1.165) is 17.0 Å². The van der Waals surface area contributed by atoms with Crippen LogP contribution in [0.15, 0.2) is 88.8 Å². The van der Waals surface area contributed by atoms with E-state index in [2.05, 4.69) is 15.3 Å². The Morgan fingerprint density at radius 3 is 2.11 bits per heavy atom. The summed E-state index contributed by atoms with van der Waals surface area (Å²) in [5.74, 6) is 0.935. The zero-order chi connectivity index (χ0) is 18.6. The van der Waals surface area contributed by atoms with Crippen molar-refractivity contribution in [2.75, 3.05) is 12.4 Å². The summed E-state index contributed by atoms with van der Waals surface area (Å²) in [7, 11) is 1.61. The van der Waals surface area contributed by atoms with Crippen molar-refractivity contribution in [3.63, 3.8) is 0 Å². The molecule has 0 radical (unpaired) electrons. The smallest absolute Gasteiger partial charge is 0.200 e. The largest absolute Gasteiger partial charge is 0.497 e. The molecule has 1 aliphatic rings. The molecular formula is C22H18FN3O. The zero-order valence-electron chi connectivity index (χ0n) is 14.8. The van der Waals surface area contributed by atoms with Crippen molar-refractivity contribution in [1.82, 2.24) is 0 Å². The number of nitrogens with zero attached hydrogens (tertiary/aromatic N) is 2. The first-order chi connectivity index (χ1) is 13.2. The maximum Gasteiger partial charge on any atom is 0.200 e. The SMILES string of the molecule is COc1ccc(NC2=Nc3ccccc3N=C(c3ccccc3)C2F)cc1. The van der Waals surface area contributed by atoms with E-state index in [1.54, 1.807) is 7.11 Å². The van der Waals surface area contributed by atoms with Gasteiger partial charge in [0.25, 0.3) is 0 Å². The molecule has 1 heterocycles. The van der Waals surface area contributed by atoms with Crippen LogP contribution in [0, 0.1) is 0 Å². The van der Waals surface area contributed by atoms with E-state index < -0.39 is 6.17 Å². The summed E-state index contributed by atoms with van der Waals surface area (Å²) in [6.45, 7) is 0. The molecular weight excluding hydrogens is 341 g/mol. The molecule has 1 N–H and O–H groups in total. The molecule has 0 fully saturated rings. The molecule has 4 rings (SSSR count). The third-order valence-electron chi connectivity index (χ3n) is 4.28. The Morgan fingerprint density at radius 1 is 0.815 bits per heavy atom. The minimum atomic E-state index is -1.48. The summed E-state index contributed by atoms with van der Waals surface area (Å²) in [5.41, 5.74) is 3.06. The number of fused-ring (bicyclic) bond motifs is 1. The predicted octanol–water partition coefficient (Wildman–Crippen LogP) is 5.31. The van der Waals surface area contributed by atoms with Crippen LogP contribution in [0.2, 0.25) is 0 Å². The highest BCUT2D eigenvalue weighted by Gasteiger charge is 2.26. The Labute approximate surface area is 157 Å². The molecule has 0 saturated heterocycles. The standard InChI is InChI=1S/C22H18FN3O/c1-27-17-13-11-16(12-14-17)24-22-20(23)21(15-7-3-2-4-8-15)25-18-9-5-6-10-19(18)26-22/h2-14,20H,1H3,(H,24,26). The third-order valence-corrected chi connectivity index (χ3v) is 4.28. The number of hydrogen-bond acceptors (Lipinski definition) is 4. The lowest BCUT2D eigenvalue weighted by atomic mass is 10.1. The van der Waals surface area contributed by atoms with Gasteiger partial charge in [0.1, 0.15) is 11.6 Å². The van der Waals surface area contributed by atoms with Crippen molar-refractivity contribution in [3.05, 3.63) is 84.4 Å². The number of ether oxygens (including phenoxy) is 1. The van der Waals surface area contributed by atoms with Crippen LogP contribution >= 0.6 is 0 Å². The number of methoxy groups -OCH3 is 1. The highest BCUT2D eigenvalue weighted by molar-refractivity contribution is 6.22. The molecule has 0 aromatic heterocycles. The van der Waals surface area contributed by atoms with E-state index in [-0.39, 0.29) is 5.84 Å². The van der Waals surface area contributed by atoms with Gasteiger partial charge in [-0.25, -0.2) is 14.4 Å². The van der Waals surface area contributed by atoms with E-state index in [9.17, 15) is 0 Å². The Morgan fingerprint density at radius 2 is 1.44 bits per heavy atom. The van der Waals surface area contributed by atoms with Gasteiger partial charge in [-0.15, -0.1) is 0 Å². The fraction of sp³-hybridized carbons (Fsp3) is 0.0909. The number of nitrogens with one attached hydrogen (secondary N) is 1. The molecule has 27 heavy (non-hydrogen) atoms. The summed E-state index contributed by atoms with van der Waals surface area (Å²) in [6, 6.07) is 24.0. The number of aliphatic imine (C=N–C) groups is 2. The molecule has 1 unspecified atom stereocenters. The fourth-order valence-corrected chi connectivity index (χ4v) is 2.89. The van der Waals surface area contributed by atoms with Crippen LogP contribution in [0.4, 0.5) is 21.5 Å². The van der Waals surface area contributed by atoms with Gasteiger partial charge in [-0.05, 0) is 42.0 Å². The first-order valence-corrected chi connectivity index (χ1v) is 8.61. The van der Waals surface area contributed by atoms with Crippen molar-refractivity contribution in [1.29, 1.82) is 0 Å². The Hall–Kier alpha value is -3.47. The zero-order valence-corrected chi connectivity index (χ0v) is 14.8. The normalized spacial score (nSPS) is 15.9. The van der Waals surface area contributed by atoms with Crippen molar-refractivity contribution >= 4 is 28.6 Å². The number of anilines is 1. The van der Waals surface area contributed by atoms with Crippen LogP contribution in [-0.2, 0) is 0 Å². The average molecular weight is 359 g/mol. The third kappa shape index (κ3) is 3.58. The number of halogens is 1. The van der Waals surface area contributed by atoms with Gasteiger partial charge in [0.15, 0.2) is 6.17 Å². The second-order valence-corrected chi connectivity index (χ2v) is 6.06. The van der Waals surface area contributed by atoms with Gasteiger partial charge in [0, 0.05) is 5.69 Å². The van der Waals surface area contributed by atoms with Gasteiger partial charge in [-0.2, -0.15) is 0 Å². The van der Waals surface area contributed by atoms with Crippen LogP contribution < -0.4 is 10.1 Å². The van der Waals surface area contributed by atoms with Crippen LogP contribution in [0.1, 0.15) is 5.56 Å². The van der Waals surface area contributed by atoms with Crippen molar-refractivity contribution in [3.8, 4) is 5.75 Å². The molecule has 0 bridgehead atoms. The van der Waals surface area contributed by atoms with E-state index in [1.165, 1.54) is 0 Å². The van der Waals surface area contributed by atoms with Crippen LogP contribution in [0.25, 0.3) is 0 Å². The maximum atomic E-state index is 15.5. The average Bonchev–Trinajstić information content (AvgIpc) is 2.86. The molecule has 0 saturated carbocycles. The molecule has 1 aliphatic heterocycles. The number of amidine groups is 1. The Kier molecular flexibility index (Phi) is 4.66. The summed E-state index contributed by atoms with van der Waals surface area (Å²) < 4.78 is 20.7. The van der Waals surface area contributed by atoms with Gasteiger partial charge in [0.2, 0.25) is 0 Å². The molecule has 5 heteroatoms. The monoisotopic (exact) mass is 359 g/mol. The lowest BCUT2D eigenvalue weighted by Gasteiger charge is -2.15. The number of hydrogen-bond donors (Lipinski definition) is 1. The van der Waals surface area contributed by atoms with Gasteiger partial charge >= 0.3 is 0 Å². The number of para-hydroxylation sites is 2. The van der Waals surface area contributed by atoms with Gasteiger partial charge in [-0.3, -0.25) is 0 Å². The van der Waals surface area contributed by atoms with E-state index >= 15 is 4.39 Å². The Bertz CT molecular complexity index is 998. The summed E-state index contributed by atoms with van der Waals surface area (Å²) in [5, 5.41) is 3.10. The molecule has 0 amide bonds. The highest BCUT2D eigenvalue weighted by Crippen LogP contribution is 2.32. The molecule has 3 aromatic carbocycles. The highest BCUT2D eigenvalue weighted by atomic mass is 19.1. The Balaban J connectivity index is 1.76. The second kappa shape index (κ2) is 7.41. The summed E-state index contributed by atoms with van der Waals surface area (Å²) >= 11 is 0. The second-order valence-electron chi connectivity index (χ2n) is 6.06. The topological polar surface area (TPSA) is 46.0 Å². The van der Waals surface area contributed by atoms with Crippen LogP contribution in [0.5, 0.6) is 5.75 Å². The van der Waals surface area contributed by atoms with Gasteiger partial charge in [-0.1, -0.05) is 42.5 Å². The summed E-state index contributed by atoms with van der Waals surface area (Å²) in [4.78, 5) is 9.10. The molecule has 1 atom stereocenters. The van der Waals surface area contributed by atoms with Crippen molar-refractivity contribution < 1.29 is 9.13 Å². The van der Waals surface area contributed by atoms with Crippen molar-refractivity contribution in [2.24, 2.45) is 9.98 Å². The fourth-order valence-electron chi connectivity index (χ4n) is 2.89. The van der Waals surface area contributed by atoms with Crippen LogP contribution in [0.3, 0.4) is 0 Å². The van der Waals surface area contributed by atoms with E-state index in [1.807, 2.05) is 78.9 Å². The molecule has 4 nitrogen and oxygen atoms in total. The maximum absolute atomic E-state index is 15.5. The lowest BCUT2D eigenvalue weighted by Crippen LogP contribution is -2.31. The minimum absolute atomic E-state index is 0.202.